The number of nitrogen functional groups attached to an aromatic ring is 1. The number of benzene rings is 1. The summed E-state index contributed by atoms with van der Waals surface area (Å²) in [6, 6.07) is 9.76. The van der Waals surface area contributed by atoms with E-state index in [-0.39, 0.29) is 11.5 Å². The second kappa shape index (κ2) is 6.37. The van der Waals surface area contributed by atoms with Gasteiger partial charge in [-0.25, -0.2) is 4.79 Å². The molecule has 2 atom stereocenters. The molecule has 2 aromatic rings. The van der Waals surface area contributed by atoms with Crippen molar-refractivity contribution in [2.45, 2.75) is 6.42 Å². The van der Waals surface area contributed by atoms with E-state index in [1.54, 1.807) is 12.3 Å². The highest BCUT2D eigenvalue weighted by Gasteiger charge is 2.35. The van der Waals surface area contributed by atoms with Crippen molar-refractivity contribution in [1.82, 2.24) is 19.8 Å². The number of nitrogens with one attached hydrogen (secondary N) is 1. The van der Waals surface area contributed by atoms with E-state index in [1.807, 2.05) is 12.1 Å². The van der Waals surface area contributed by atoms with E-state index in [4.69, 9.17) is 5.73 Å². The second-order valence-electron chi connectivity index (χ2n) is 6.86. The first-order valence-electron chi connectivity index (χ1n) is 8.56. The van der Waals surface area contributed by atoms with E-state index >= 15 is 0 Å². The third-order valence-corrected chi connectivity index (χ3v) is 5.20. The Hall–Kier alpha value is -2.18. The number of nitrogens with two attached hydrogens (primary N) is 1. The first kappa shape index (κ1) is 15.4. The predicted octanol–water partition coefficient (Wildman–Crippen LogP) is 0.508. The number of nitrogens with zero attached hydrogens (tertiary/aromatic N) is 3. The summed E-state index contributed by atoms with van der Waals surface area (Å²) in [4.78, 5) is 18.3. The molecule has 126 valence electrons. The minimum atomic E-state index is -0.341. The lowest BCUT2D eigenvalue weighted by Crippen LogP contribution is -2.27. The van der Waals surface area contributed by atoms with Crippen molar-refractivity contribution in [1.29, 1.82) is 0 Å². The summed E-state index contributed by atoms with van der Waals surface area (Å²) in [6.07, 6.45) is 2.68. The molecule has 6 heteroatoms. The lowest BCUT2D eigenvalue weighted by atomic mass is 10.0. The molecule has 0 saturated carbocycles. The van der Waals surface area contributed by atoms with E-state index in [1.165, 1.54) is 36.3 Å². The standard InChI is InChI=1S/C18H23N5O/c19-17-5-7-23(18(24)21-17)16-3-1-2-13(8-16)4-6-22-11-14-9-20-10-15(14)12-22/h1-3,5,7-8,14-15,20H,4,6,9-12H2,(H2,19,21,24)/t14-,15+. The van der Waals surface area contributed by atoms with Gasteiger partial charge in [0, 0.05) is 25.8 Å². The Kier molecular flexibility index (Phi) is 4.08. The Morgan fingerprint density at radius 2 is 2.00 bits per heavy atom. The predicted molar refractivity (Wildman–Crippen MR) is 94.2 cm³/mol. The van der Waals surface area contributed by atoms with Crippen LogP contribution in [0.25, 0.3) is 5.69 Å². The van der Waals surface area contributed by atoms with Gasteiger partial charge >= 0.3 is 5.69 Å². The molecule has 2 aliphatic heterocycles. The van der Waals surface area contributed by atoms with Crippen LogP contribution in [0.4, 0.5) is 5.82 Å². The highest BCUT2D eigenvalue weighted by Crippen LogP contribution is 2.26. The molecule has 2 aliphatic rings. The number of hydrogen-bond donors (Lipinski definition) is 2. The largest absolute Gasteiger partial charge is 0.383 e. The summed E-state index contributed by atoms with van der Waals surface area (Å²) in [5.41, 5.74) is 7.30. The molecule has 6 nitrogen and oxygen atoms in total. The van der Waals surface area contributed by atoms with Gasteiger partial charge in [-0.05, 0) is 55.1 Å². The molecule has 3 N–H and O–H groups in total. The number of likely N-dealkylation sites (tertiary alicyclic amines) is 1. The third kappa shape index (κ3) is 3.07. The molecule has 2 saturated heterocycles. The Morgan fingerprint density at radius 3 is 2.75 bits per heavy atom. The van der Waals surface area contributed by atoms with Gasteiger partial charge in [-0.1, -0.05) is 12.1 Å². The lowest BCUT2D eigenvalue weighted by Gasteiger charge is -2.17. The quantitative estimate of drug-likeness (QED) is 0.856. The Bertz CT molecular complexity index is 775. The fourth-order valence-corrected chi connectivity index (χ4v) is 3.90. The number of aromatic nitrogens is 2. The van der Waals surface area contributed by atoms with Crippen LogP contribution in [0.3, 0.4) is 0 Å². The first-order valence-corrected chi connectivity index (χ1v) is 8.56. The van der Waals surface area contributed by atoms with Crippen molar-refractivity contribution in [3.05, 3.63) is 52.6 Å². The van der Waals surface area contributed by atoms with Crippen LogP contribution in [0, 0.1) is 11.8 Å². The zero-order valence-corrected chi connectivity index (χ0v) is 13.7. The average molecular weight is 325 g/mol. The number of rotatable bonds is 4. The zero-order valence-electron chi connectivity index (χ0n) is 13.7. The summed E-state index contributed by atoms with van der Waals surface area (Å²) in [5.74, 6) is 1.91. The van der Waals surface area contributed by atoms with Crippen LogP contribution in [-0.2, 0) is 6.42 Å². The molecule has 3 heterocycles. The van der Waals surface area contributed by atoms with Crippen LogP contribution >= 0.6 is 0 Å². The fourth-order valence-electron chi connectivity index (χ4n) is 3.90. The van der Waals surface area contributed by atoms with E-state index < -0.39 is 0 Å². The molecule has 1 aromatic carbocycles. The van der Waals surface area contributed by atoms with Gasteiger partial charge in [-0.15, -0.1) is 0 Å². The van der Waals surface area contributed by atoms with Crippen molar-refractivity contribution in [2.24, 2.45) is 11.8 Å². The van der Waals surface area contributed by atoms with Crippen LogP contribution in [0.1, 0.15) is 5.56 Å². The van der Waals surface area contributed by atoms with E-state index in [9.17, 15) is 4.79 Å². The van der Waals surface area contributed by atoms with Gasteiger partial charge < -0.3 is 16.0 Å². The molecule has 0 radical (unpaired) electrons. The molecule has 0 aliphatic carbocycles. The van der Waals surface area contributed by atoms with E-state index in [2.05, 4.69) is 27.3 Å². The monoisotopic (exact) mass is 325 g/mol. The molecule has 4 rings (SSSR count). The minimum absolute atomic E-state index is 0.251. The van der Waals surface area contributed by atoms with Gasteiger partial charge in [0.25, 0.3) is 0 Å². The smallest absolute Gasteiger partial charge is 0.354 e. The van der Waals surface area contributed by atoms with Crippen LogP contribution < -0.4 is 16.7 Å². The maximum Gasteiger partial charge on any atom is 0.354 e. The third-order valence-electron chi connectivity index (χ3n) is 5.20. The molecule has 0 unspecified atom stereocenters. The topological polar surface area (TPSA) is 76.2 Å². The molecule has 0 amide bonds. The van der Waals surface area contributed by atoms with Gasteiger partial charge in [0.1, 0.15) is 5.82 Å². The molecule has 2 fully saturated rings. The van der Waals surface area contributed by atoms with Gasteiger partial charge in [-0.2, -0.15) is 4.98 Å². The van der Waals surface area contributed by atoms with Crippen molar-refractivity contribution in [3.63, 3.8) is 0 Å². The summed E-state index contributed by atoms with van der Waals surface area (Å²) < 4.78 is 1.53. The van der Waals surface area contributed by atoms with Crippen molar-refractivity contribution < 1.29 is 0 Å². The van der Waals surface area contributed by atoms with Crippen LogP contribution in [0.15, 0.2) is 41.3 Å². The second-order valence-corrected chi connectivity index (χ2v) is 6.86. The number of fused-ring (bicyclic) bond motifs is 1. The molecule has 1 aromatic heterocycles. The summed E-state index contributed by atoms with van der Waals surface area (Å²) in [5, 5.41) is 3.48. The highest BCUT2D eigenvalue weighted by atomic mass is 16.1. The maximum atomic E-state index is 12.0. The number of hydrogen-bond acceptors (Lipinski definition) is 5. The first-order chi connectivity index (χ1) is 11.7. The minimum Gasteiger partial charge on any atom is -0.383 e. The van der Waals surface area contributed by atoms with Crippen molar-refractivity contribution in [3.8, 4) is 5.69 Å². The Morgan fingerprint density at radius 1 is 1.21 bits per heavy atom. The van der Waals surface area contributed by atoms with Crippen molar-refractivity contribution >= 4 is 5.82 Å². The van der Waals surface area contributed by atoms with Gasteiger partial charge in [0.2, 0.25) is 0 Å². The highest BCUT2D eigenvalue weighted by molar-refractivity contribution is 5.37. The fraction of sp³-hybridized carbons (Fsp3) is 0.444. The summed E-state index contributed by atoms with van der Waals surface area (Å²) in [6.45, 7) is 5.83. The van der Waals surface area contributed by atoms with Gasteiger partial charge in [-0.3, -0.25) is 4.57 Å². The van der Waals surface area contributed by atoms with Crippen LogP contribution in [-0.4, -0.2) is 47.2 Å². The normalized spacial score (nSPS) is 23.5. The van der Waals surface area contributed by atoms with E-state index in [0.29, 0.717) is 0 Å². The maximum absolute atomic E-state index is 12.0. The Labute approximate surface area is 141 Å². The Balaban J connectivity index is 1.44. The molecule has 24 heavy (non-hydrogen) atoms. The average Bonchev–Trinajstić information content (AvgIpc) is 3.14. The SMILES string of the molecule is Nc1ccn(-c2cccc(CCN3C[C@H]4CNC[C@H]4C3)c2)c(=O)n1. The van der Waals surface area contributed by atoms with Crippen LogP contribution in [0.2, 0.25) is 0 Å². The number of anilines is 1. The van der Waals surface area contributed by atoms with Crippen molar-refractivity contribution in [2.75, 3.05) is 38.5 Å². The summed E-state index contributed by atoms with van der Waals surface area (Å²) >= 11 is 0. The molecular weight excluding hydrogens is 302 g/mol. The van der Waals surface area contributed by atoms with Gasteiger partial charge in [0.15, 0.2) is 0 Å². The lowest BCUT2D eigenvalue weighted by molar-refractivity contribution is 0.317. The molecular formula is C18H23N5O. The zero-order chi connectivity index (χ0) is 16.5. The molecule has 0 bridgehead atoms. The molecule has 0 spiro atoms. The summed E-state index contributed by atoms with van der Waals surface area (Å²) in [7, 11) is 0. The van der Waals surface area contributed by atoms with Gasteiger partial charge in [0.05, 0.1) is 5.69 Å². The van der Waals surface area contributed by atoms with E-state index in [0.717, 1.165) is 30.5 Å². The van der Waals surface area contributed by atoms with Crippen LogP contribution in [0.5, 0.6) is 0 Å².